The smallest absolute Gasteiger partial charge is 0.224 e. The minimum Gasteiger partial charge on any atom is -0.478 e. The van der Waals surface area contributed by atoms with Crippen molar-refractivity contribution < 1.29 is 4.74 Å². The Morgan fingerprint density at radius 1 is 1.05 bits per heavy atom. The Balaban J connectivity index is 2.06. The molecule has 0 N–H and O–H groups in total. The van der Waals surface area contributed by atoms with Crippen LogP contribution >= 0.6 is 0 Å². The first-order chi connectivity index (χ1) is 10.1. The minimum absolute atomic E-state index is 0.577. The van der Waals surface area contributed by atoms with Crippen LogP contribution in [0.1, 0.15) is 12.5 Å². The lowest BCUT2D eigenvalue weighted by atomic mass is 10.3. The zero-order chi connectivity index (χ0) is 15.2. The minimum atomic E-state index is 0.577. The molecule has 0 amide bonds. The number of hydrogen-bond acceptors (Lipinski definition) is 7. The van der Waals surface area contributed by atoms with Crippen LogP contribution in [0, 0.1) is 0 Å². The third kappa shape index (κ3) is 4.01. The average molecular weight is 288 g/mol. The van der Waals surface area contributed by atoms with E-state index in [-0.39, 0.29) is 0 Å². The van der Waals surface area contributed by atoms with Crippen LogP contribution in [0.2, 0.25) is 0 Å². The Morgan fingerprint density at radius 3 is 2.38 bits per heavy atom. The van der Waals surface area contributed by atoms with E-state index in [0.717, 1.165) is 11.4 Å². The van der Waals surface area contributed by atoms with Crippen molar-refractivity contribution in [1.29, 1.82) is 0 Å². The highest BCUT2D eigenvalue weighted by molar-refractivity contribution is 5.40. The third-order valence-electron chi connectivity index (χ3n) is 2.82. The second-order valence-electron chi connectivity index (χ2n) is 4.79. The maximum absolute atomic E-state index is 5.38. The molecule has 0 bridgehead atoms. The predicted octanol–water partition coefficient (Wildman–Crippen LogP) is 1.37. The van der Waals surface area contributed by atoms with E-state index in [2.05, 4.69) is 19.9 Å². The first-order valence-corrected chi connectivity index (χ1v) is 6.74. The molecule has 21 heavy (non-hydrogen) atoms. The van der Waals surface area contributed by atoms with Crippen molar-refractivity contribution >= 4 is 11.8 Å². The van der Waals surface area contributed by atoms with E-state index in [4.69, 9.17) is 4.74 Å². The molecule has 0 aliphatic rings. The summed E-state index contributed by atoms with van der Waals surface area (Å²) in [5, 5.41) is 0. The molecular formula is C14H20N6O. The fourth-order valence-corrected chi connectivity index (χ4v) is 1.78. The van der Waals surface area contributed by atoms with E-state index in [1.807, 2.05) is 56.3 Å². The van der Waals surface area contributed by atoms with Gasteiger partial charge < -0.3 is 14.5 Å². The first kappa shape index (κ1) is 15.0. The van der Waals surface area contributed by atoms with Crippen LogP contribution < -0.4 is 14.5 Å². The summed E-state index contributed by atoms with van der Waals surface area (Å²) in [4.78, 5) is 20.8. The van der Waals surface area contributed by atoms with Gasteiger partial charge in [0.05, 0.1) is 6.61 Å². The second kappa shape index (κ2) is 6.83. The average Bonchev–Trinajstić information content (AvgIpc) is 2.48. The fourth-order valence-electron chi connectivity index (χ4n) is 1.78. The number of aromatic nitrogens is 4. The molecule has 0 fully saturated rings. The third-order valence-corrected chi connectivity index (χ3v) is 2.82. The molecule has 2 aromatic rings. The monoisotopic (exact) mass is 288 g/mol. The van der Waals surface area contributed by atoms with Gasteiger partial charge in [-0.1, -0.05) is 0 Å². The first-order valence-electron chi connectivity index (χ1n) is 6.74. The van der Waals surface area contributed by atoms with Gasteiger partial charge in [-0.15, -0.1) is 0 Å². The molecule has 7 nitrogen and oxygen atoms in total. The van der Waals surface area contributed by atoms with Gasteiger partial charge in [-0.2, -0.15) is 0 Å². The van der Waals surface area contributed by atoms with Gasteiger partial charge in [0.1, 0.15) is 12.1 Å². The van der Waals surface area contributed by atoms with Crippen molar-refractivity contribution in [1.82, 2.24) is 19.9 Å². The molecule has 0 aliphatic carbocycles. The maximum Gasteiger partial charge on any atom is 0.224 e. The van der Waals surface area contributed by atoms with Crippen molar-refractivity contribution in [2.24, 2.45) is 0 Å². The summed E-state index contributed by atoms with van der Waals surface area (Å²) in [6, 6.07) is 1.82. The molecule has 0 saturated heterocycles. The lowest BCUT2D eigenvalue weighted by molar-refractivity contribution is 0.326. The molecule has 0 spiro atoms. The number of ether oxygens (including phenoxy) is 1. The molecule has 0 aromatic carbocycles. The van der Waals surface area contributed by atoms with Crippen molar-refractivity contribution in [2.45, 2.75) is 13.5 Å². The molecule has 7 heteroatoms. The van der Waals surface area contributed by atoms with Crippen molar-refractivity contribution in [3.63, 3.8) is 0 Å². The van der Waals surface area contributed by atoms with Crippen molar-refractivity contribution in [3.05, 3.63) is 30.4 Å². The lowest BCUT2D eigenvalue weighted by Gasteiger charge is -2.18. The maximum atomic E-state index is 5.38. The van der Waals surface area contributed by atoms with Crippen LogP contribution in [0.15, 0.2) is 24.8 Å². The predicted molar refractivity (Wildman–Crippen MR) is 81.7 cm³/mol. The van der Waals surface area contributed by atoms with Crippen molar-refractivity contribution in [3.8, 4) is 5.88 Å². The molecule has 2 heterocycles. The second-order valence-corrected chi connectivity index (χ2v) is 4.79. The Kier molecular flexibility index (Phi) is 4.86. The summed E-state index contributed by atoms with van der Waals surface area (Å²) in [5.74, 6) is 2.07. The van der Waals surface area contributed by atoms with Crippen LogP contribution in [0.4, 0.5) is 11.8 Å². The van der Waals surface area contributed by atoms with Crippen molar-refractivity contribution in [2.75, 3.05) is 37.5 Å². The highest BCUT2D eigenvalue weighted by Gasteiger charge is 2.07. The van der Waals surface area contributed by atoms with E-state index in [9.17, 15) is 0 Å². The normalized spacial score (nSPS) is 10.3. The van der Waals surface area contributed by atoms with E-state index >= 15 is 0 Å². The van der Waals surface area contributed by atoms with Gasteiger partial charge in [-0.25, -0.2) is 19.9 Å². The van der Waals surface area contributed by atoms with E-state index in [1.165, 1.54) is 6.33 Å². The van der Waals surface area contributed by atoms with Crippen LogP contribution in [0.5, 0.6) is 5.88 Å². The fraction of sp³-hybridized carbons (Fsp3) is 0.429. The van der Waals surface area contributed by atoms with Crippen LogP contribution in [0.3, 0.4) is 0 Å². The van der Waals surface area contributed by atoms with Crippen LogP contribution in [-0.2, 0) is 6.54 Å². The SMILES string of the molecule is CCOc1cc(N(C)Cc2cnc(N(C)C)nc2)ncn1. The zero-order valence-corrected chi connectivity index (χ0v) is 12.8. The Bertz CT molecular complexity index is 572. The molecule has 2 rings (SSSR count). The molecule has 0 radical (unpaired) electrons. The lowest BCUT2D eigenvalue weighted by Crippen LogP contribution is -2.19. The molecule has 2 aromatic heterocycles. The molecular weight excluding hydrogens is 268 g/mol. The summed E-state index contributed by atoms with van der Waals surface area (Å²) in [6.45, 7) is 3.17. The van der Waals surface area contributed by atoms with Gasteiger partial charge in [0.15, 0.2) is 0 Å². The number of hydrogen-bond donors (Lipinski definition) is 0. The summed E-state index contributed by atoms with van der Waals surface area (Å²) in [6.07, 6.45) is 5.15. The van der Waals surface area contributed by atoms with Gasteiger partial charge in [-0.3, -0.25) is 0 Å². The highest BCUT2D eigenvalue weighted by Crippen LogP contribution is 2.16. The van der Waals surface area contributed by atoms with Gasteiger partial charge in [0.25, 0.3) is 0 Å². The van der Waals surface area contributed by atoms with E-state index in [1.54, 1.807) is 0 Å². The molecule has 112 valence electrons. The Hall–Kier alpha value is -2.44. The summed E-state index contributed by atoms with van der Waals surface area (Å²) >= 11 is 0. The quantitative estimate of drug-likeness (QED) is 0.795. The van der Waals surface area contributed by atoms with E-state index in [0.29, 0.717) is 25.0 Å². The molecule has 0 atom stereocenters. The molecule has 0 unspecified atom stereocenters. The zero-order valence-electron chi connectivity index (χ0n) is 12.8. The summed E-state index contributed by atoms with van der Waals surface area (Å²) in [5.41, 5.74) is 1.01. The van der Waals surface area contributed by atoms with Gasteiger partial charge >= 0.3 is 0 Å². The number of nitrogens with zero attached hydrogens (tertiary/aromatic N) is 6. The Labute approximate surface area is 124 Å². The Morgan fingerprint density at radius 2 is 1.76 bits per heavy atom. The van der Waals surface area contributed by atoms with Gasteiger partial charge in [0.2, 0.25) is 11.8 Å². The number of anilines is 2. The van der Waals surface area contributed by atoms with E-state index < -0.39 is 0 Å². The largest absolute Gasteiger partial charge is 0.478 e. The number of rotatable bonds is 6. The van der Waals surface area contributed by atoms with Gasteiger partial charge in [0, 0.05) is 51.7 Å². The van der Waals surface area contributed by atoms with Gasteiger partial charge in [-0.05, 0) is 6.92 Å². The summed E-state index contributed by atoms with van der Waals surface area (Å²) < 4.78 is 5.38. The van der Waals surface area contributed by atoms with Crippen LogP contribution in [-0.4, -0.2) is 47.7 Å². The highest BCUT2D eigenvalue weighted by atomic mass is 16.5. The molecule has 0 saturated carbocycles. The van der Waals surface area contributed by atoms with Crippen LogP contribution in [0.25, 0.3) is 0 Å². The standard InChI is InChI=1S/C14H20N6O/c1-5-21-13-6-12(17-10-18-13)20(4)9-11-7-15-14(16-8-11)19(2)3/h6-8,10H,5,9H2,1-4H3. The topological polar surface area (TPSA) is 67.3 Å². The summed E-state index contributed by atoms with van der Waals surface area (Å²) in [7, 11) is 5.78. The molecule has 0 aliphatic heterocycles.